The molecule has 2 aliphatic rings. The summed E-state index contributed by atoms with van der Waals surface area (Å²) in [5, 5.41) is 6.57. The normalized spacial score (nSPS) is 23.1. The Bertz CT molecular complexity index is 592. The lowest BCUT2D eigenvalue weighted by Gasteiger charge is -2.34. The molecule has 3 rings (SSSR count). The molecular formula is C18H27ClN2O3. The van der Waals surface area contributed by atoms with E-state index in [9.17, 15) is 4.79 Å². The minimum absolute atomic E-state index is 0. The third kappa shape index (κ3) is 3.78. The highest BCUT2D eigenvalue weighted by Gasteiger charge is 2.34. The fourth-order valence-electron chi connectivity index (χ4n) is 3.09. The lowest BCUT2D eigenvalue weighted by atomic mass is 9.82. The van der Waals surface area contributed by atoms with Gasteiger partial charge >= 0.3 is 0 Å². The van der Waals surface area contributed by atoms with Crippen LogP contribution in [0.1, 0.15) is 32.8 Å². The summed E-state index contributed by atoms with van der Waals surface area (Å²) in [5.41, 5.74) is 0.322. The van der Waals surface area contributed by atoms with Crippen molar-refractivity contribution in [1.29, 1.82) is 0 Å². The monoisotopic (exact) mass is 354 g/mol. The molecule has 6 heteroatoms. The molecule has 0 radical (unpaired) electrons. The molecule has 1 amide bonds. The number of benzene rings is 1. The van der Waals surface area contributed by atoms with Crippen LogP contribution in [0.2, 0.25) is 0 Å². The van der Waals surface area contributed by atoms with Gasteiger partial charge in [-0.1, -0.05) is 13.0 Å². The number of rotatable bonds is 3. The van der Waals surface area contributed by atoms with Crippen LogP contribution in [0.5, 0.6) is 11.5 Å². The number of fused-ring (bicyclic) bond motifs is 1. The molecule has 2 aliphatic heterocycles. The van der Waals surface area contributed by atoms with Gasteiger partial charge in [0.25, 0.3) is 0 Å². The fraction of sp³-hybridized carbons (Fsp3) is 0.611. The van der Waals surface area contributed by atoms with Gasteiger partial charge in [0.2, 0.25) is 5.91 Å². The van der Waals surface area contributed by atoms with Gasteiger partial charge in [-0.15, -0.1) is 12.4 Å². The van der Waals surface area contributed by atoms with Gasteiger partial charge in [0.1, 0.15) is 13.2 Å². The Kier molecular flexibility index (Phi) is 5.99. The van der Waals surface area contributed by atoms with E-state index in [4.69, 9.17) is 9.47 Å². The van der Waals surface area contributed by atoms with Crippen molar-refractivity contribution in [3.63, 3.8) is 0 Å². The first-order chi connectivity index (χ1) is 11.0. The van der Waals surface area contributed by atoms with Crippen LogP contribution < -0.4 is 20.1 Å². The molecule has 1 saturated heterocycles. The number of nitrogens with one attached hydrogen (secondary N) is 2. The summed E-state index contributed by atoms with van der Waals surface area (Å²) in [7, 11) is 0. The van der Waals surface area contributed by atoms with E-state index < -0.39 is 5.41 Å². The first-order valence-electron chi connectivity index (χ1n) is 8.40. The van der Waals surface area contributed by atoms with Crippen LogP contribution in [0, 0.1) is 5.92 Å². The maximum Gasteiger partial charge on any atom is 0.230 e. The van der Waals surface area contributed by atoms with Gasteiger partial charge in [-0.2, -0.15) is 0 Å². The van der Waals surface area contributed by atoms with Crippen LogP contribution in [0.25, 0.3) is 0 Å². The maximum atomic E-state index is 12.8. The standard InChI is InChI=1S/C18H26N2O3.ClH/c1-12-6-7-19-11-14(12)20-17(21)18(2,3)13-4-5-15-16(10-13)23-9-8-22-15;/h4-5,10,12,14,19H,6-9,11H2,1-3H3,(H,20,21);1H. The number of amides is 1. The van der Waals surface area contributed by atoms with Gasteiger partial charge in [0.05, 0.1) is 5.41 Å². The number of hydrogen-bond acceptors (Lipinski definition) is 4. The molecule has 2 atom stereocenters. The molecule has 5 nitrogen and oxygen atoms in total. The van der Waals surface area contributed by atoms with E-state index in [1.54, 1.807) is 0 Å². The quantitative estimate of drug-likeness (QED) is 0.874. The topological polar surface area (TPSA) is 59.6 Å². The summed E-state index contributed by atoms with van der Waals surface area (Å²) >= 11 is 0. The molecule has 24 heavy (non-hydrogen) atoms. The molecule has 2 heterocycles. The average Bonchev–Trinajstić information content (AvgIpc) is 2.56. The van der Waals surface area contributed by atoms with Gasteiger partial charge in [0, 0.05) is 12.6 Å². The summed E-state index contributed by atoms with van der Waals surface area (Å²) in [6.07, 6.45) is 1.09. The van der Waals surface area contributed by atoms with Crippen LogP contribution >= 0.6 is 12.4 Å². The third-order valence-electron chi connectivity index (χ3n) is 4.98. The van der Waals surface area contributed by atoms with Crippen LogP contribution in [-0.4, -0.2) is 38.3 Å². The van der Waals surface area contributed by atoms with Gasteiger partial charge in [-0.3, -0.25) is 4.79 Å². The van der Waals surface area contributed by atoms with Crippen molar-refractivity contribution in [3.8, 4) is 11.5 Å². The van der Waals surface area contributed by atoms with Crippen molar-refractivity contribution in [3.05, 3.63) is 23.8 Å². The van der Waals surface area contributed by atoms with Gasteiger partial charge in [0.15, 0.2) is 11.5 Å². The van der Waals surface area contributed by atoms with E-state index >= 15 is 0 Å². The largest absolute Gasteiger partial charge is 0.486 e. The molecule has 1 fully saturated rings. The Balaban J connectivity index is 0.00000208. The van der Waals surface area contributed by atoms with Crippen LogP contribution in [0.4, 0.5) is 0 Å². The van der Waals surface area contributed by atoms with Crippen LogP contribution in [0.15, 0.2) is 18.2 Å². The number of carbonyl (C=O) groups excluding carboxylic acids is 1. The smallest absolute Gasteiger partial charge is 0.230 e. The molecule has 1 aromatic carbocycles. The number of carbonyl (C=O) groups is 1. The molecule has 2 unspecified atom stereocenters. The Morgan fingerprint density at radius 1 is 1.25 bits per heavy atom. The average molecular weight is 355 g/mol. The van der Waals surface area contributed by atoms with E-state index in [1.165, 1.54) is 0 Å². The lowest BCUT2D eigenvalue weighted by Crippen LogP contribution is -2.54. The second-order valence-corrected chi connectivity index (χ2v) is 7.03. The molecule has 134 valence electrons. The Hall–Kier alpha value is -1.46. The van der Waals surface area contributed by atoms with Gasteiger partial charge in [-0.05, 0) is 50.4 Å². The summed E-state index contributed by atoms with van der Waals surface area (Å²) in [4.78, 5) is 12.8. The van der Waals surface area contributed by atoms with Crippen molar-refractivity contribution in [2.24, 2.45) is 5.92 Å². The zero-order chi connectivity index (χ0) is 16.4. The third-order valence-corrected chi connectivity index (χ3v) is 4.98. The Morgan fingerprint density at radius 2 is 1.96 bits per heavy atom. The minimum Gasteiger partial charge on any atom is -0.486 e. The second-order valence-electron chi connectivity index (χ2n) is 7.03. The minimum atomic E-state index is -0.618. The SMILES string of the molecule is CC1CCNCC1NC(=O)C(C)(C)c1ccc2c(c1)OCCO2.Cl. The molecule has 0 saturated carbocycles. The number of halogens is 1. The first kappa shape index (κ1) is 18.9. The maximum absolute atomic E-state index is 12.8. The van der Waals surface area contributed by atoms with Gasteiger partial charge in [-0.25, -0.2) is 0 Å². The molecule has 0 aliphatic carbocycles. The van der Waals surface area contributed by atoms with E-state index in [-0.39, 0.29) is 24.4 Å². The van der Waals surface area contributed by atoms with Crippen molar-refractivity contribution < 1.29 is 14.3 Å². The predicted octanol–water partition coefficient (Wildman–Crippen LogP) is 2.27. The van der Waals surface area contributed by atoms with Gasteiger partial charge < -0.3 is 20.1 Å². The van der Waals surface area contributed by atoms with Crippen LogP contribution in [0.3, 0.4) is 0 Å². The fourth-order valence-corrected chi connectivity index (χ4v) is 3.09. The summed E-state index contributed by atoms with van der Waals surface area (Å²) < 4.78 is 11.2. The predicted molar refractivity (Wildman–Crippen MR) is 96.3 cm³/mol. The summed E-state index contributed by atoms with van der Waals surface area (Å²) in [6.45, 7) is 9.09. The zero-order valence-corrected chi connectivity index (χ0v) is 15.4. The highest BCUT2D eigenvalue weighted by molar-refractivity contribution is 5.87. The summed E-state index contributed by atoms with van der Waals surface area (Å²) in [5.74, 6) is 2.02. The van der Waals surface area contributed by atoms with Crippen molar-refractivity contribution in [2.75, 3.05) is 26.3 Å². The Labute approximate surface area is 149 Å². The van der Waals surface area contributed by atoms with Crippen LogP contribution in [-0.2, 0) is 10.2 Å². The lowest BCUT2D eigenvalue weighted by molar-refractivity contribution is -0.126. The Morgan fingerprint density at radius 3 is 2.67 bits per heavy atom. The van der Waals surface area contributed by atoms with Crippen molar-refractivity contribution in [2.45, 2.75) is 38.6 Å². The van der Waals surface area contributed by atoms with E-state index in [0.29, 0.717) is 19.1 Å². The molecule has 0 spiro atoms. The first-order valence-corrected chi connectivity index (χ1v) is 8.40. The second kappa shape index (κ2) is 7.62. The molecular weight excluding hydrogens is 328 g/mol. The number of ether oxygens (including phenoxy) is 2. The summed E-state index contributed by atoms with van der Waals surface area (Å²) in [6, 6.07) is 5.96. The molecule has 0 bridgehead atoms. The molecule has 1 aromatic rings. The highest BCUT2D eigenvalue weighted by Crippen LogP contribution is 2.35. The molecule has 2 N–H and O–H groups in total. The van der Waals surface area contributed by atoms with E-state index in [2.05, 4.69) is 17.6 Å². The van der Waals surface area contributed by atoms with E-state index in [1.807, 2.05) is 32.0 Å². The van der Waals surface area contributed by atoms with Crippen molar-refractivity contribution in [1.82, 2.24) is 10.6 Å². The zero-order valence-electron chi connectivity index (χ0n) is 14.6. The number of hydrogen-bond donors (Lipinski definition) is 2. The van der Waals surface area contributed by atoms with E-state index in [0.717, 1.165) is 36.6 Å². The molecule has 0 aromatic heterocycles. The van der Waals surface area contributed by atoms with Crippen molar-refractivity contribution >= 4 is 18.3 Å². The number of piperidine rings is 1. The highest BCUT2D eigenvalue weighted by atomic mass is 35.5.